The fourth-order valence-electron chi connectivity index (χ4n) is 17.7. The third-order valence-electron chi connectivity index (χ3n) is 24.8. The van der Waals surface area contributed by atoms with Gasteiger partial charge in [-0.1, -0.05) is 75.4 Å². The van der Waals surface area contributed by atoms with E-state index >= 15 is 0 Å². The van der Waals surface area contributed by atoms with Crippen molar-refractivity contribution in [2.75, 3.05) is 41.4 Å². The number of carbonyl (C=O) groups excluding carboxylic acids is 3. The minimum absolute atomic E-state index is 0. The molecule has 0 bridgehead atoms. The molecule has 6 aliphatic rings. The molecule has 0 aromatic carbocycles. The molecule has 114 heavy (non-hydrogen) atoms. The van der Waals surface area contributed by atoms with Crippen LogP contribution in [0.5, 0.6) is 0 Å². The maximum absolute atomic E-state index is 14.2. The van der Waals surface area contributed by atoms with Crippen molar-refractivity contribution in [1.82, 2.24) is 9.80 Å². The van der Waals surface area contributed by atoms with Crippen molar-refractivity contribution in [2.45, 2.75) is 386 Å². The molecule has 0 spiro atoms. The fourth-order valence-corrected chi connectivity index (χ4v) is 17.7. The molecule has 0 saturated carbocycles. The number of rotatable bonds is 18. The summed E-state index contributed by atoms with van der Waals surface area (Å²) in [6.07, 6.45) is -7.99. The quantitative estimate of drug-likeness (QED) is 0.0341. The van der Waals surface area contributed by atoms with E-state index < -0.39 is 221 Å². The molecule has 0 amide bonds. The molecule has 6 heterocycles. The number of esters is 2. The SMILES string of the molecule is C.C.C#CCCN(C)[C@H]1C[C@@H](C)O[C@@H](O[C@@H]2[C@@H](C)[C@H](O[C@H]3C[C@@](C)(OC)[C@@H](O)[C@H](C)O3)[C@@H](C)C(=O)O[C@H](CC)[C@@](C)(O)[C@H](O)[C@@H](C)/C(=N/O)[C@H](C)C[C@@]2(C)O)[C@@H]1O.C#CCCN(C)[C@H]1C[C@@H](C)O[C@@H](O[C@@H]2[C@@H](C)[C@H](O[C@H]3C[C@@](C)(OC)[C@@H](O)[C@H](C)O3)[C@@H](C)C(=O)O[C@H](CC)[C@@](C)(O)[C@H](O)[C@@H](C)C(=O)[C@H](C)C[C@@]2(C)O)[C@@H]1O.Cl.NO. The van der Waals surface area contributed by atoms with Gasteiger partial charge in [-0.05, 0) is 136 Å². The van der Waals surface area contributed by atoms with Crippen molar-refractivity contribution in [2.24, 2.45) is 58.4 Å². The number of aliphatic hydroxyl groups excluding tert-OH is 6. The van der Waals surface area contributed by atoms with Gasteiger partial charge in [-0.3, -0.25) is 24.2 Å². The van der Waals surface area contributed by atoms with Gasteiger partial charge in [0.25, 0.3) is 0 Å². The van der Waals surface area contributed by atoms with Crippen LogP contribution in [0.3, 0.4) is 0 Å². The Morgan fingerprint density at radius 2 is 0.851 bits per heavy atom. The largest absolute Gasteiger partial charge is 0.459 e. The van der Waals surface area contributed by atoms with Crippen LogP contribution in [-0.2, 0) is 71.2 Å². The van der Waals surface area contributed by atoms with E-state index in [4.69, 9.17) is 74.9 Å². The van der Waals surface area contributed by atoms with Gasteiger partial charge in [-0.2, -0.15) is 0 Å². The number of ether oxygens (including phenoxy) is 12. The monoisotopic (exact) mass is 1660 g/mol. The molecule has 14 N–H and O–H groups in total. The second-order valence-electron chi connectivity index (χ2n) is 34.0. The zero-order valence-corrected chi connectivity index (χ0v) is 71.6. The number of aliphatic hydroxyl groups is 10. The molecule has 668 valence electrons. The number of cyclic esters (lactones) is 2. The fraction of sp³-hybridized carbons (Fsp3) is 0.902. The average Bonchev–Trinajstić information content (AvgIpc) is 0.773. The number of hydrogen-bond acceptors (Lipinski definition) is 31. The van der Waals surface area contributed by atoms with Crippen molar-refractivity contribution < 1.29 is 133 Å². The van der Waals surface area contributed by atoms with E-state index in [0.29, 0.717) is 38.8 Å². The van der Waals surface area contributed by atoms with Crippen LogP contribution in [0.1, 0.15) is 218 Å². The second-order valence-corrected chi connectivity index (χ2v) is 34.0. The predicted octanol–water partition coefficient (Wildman–Crippen LogP) is 5.65. The molecule has 6 rings (SSSR count). The minimum atomic E-state index is -2.01. The summed E-state index contributed by atoms with van der Waals surface area (Å²) >= 11 is 0. The number of terminal acetylenes is 2. The summed E-state index contributed by atoms with van der Waals surface area (Å²) in [7, 11) is 6.68. The van der Waals surface area contributed by atoms with Crippen molar-refractivity contribution in [3.05, 3.63) is 0 Å². The Hall–Kier alpha value is -3.47. The lowest BCUT2D eigenvalue weighted by atomic mass is 9.73. The predicted molar refractivity (Wildman–Crippen MR) is 428 cm³/mol. The number of oxime groups is 1. The highest BCUT2D eigenvalue weighted by atomic mass is 35.5. The Kier molecular flexibility index (Phi) is 43.8. The highest BCUT2D eigenvalue weighted by Crippen LogP contribution is 2.45. The molecule has 6 aliphatic heterocycles. The van der Waals surface area contributed by atoms with E-state index in [1.807, 2.05) is 37.7 Å². The first-order valence-electron chi connectivity index (χ1n) is 39.5. The molecule has 36 atom stereocenters. The molecular weight excluding hydrogens is 1510 g/mol. The van der Waals surface area contributed by atoms with Gasteiger partial charge in [0.2, 0.25) is 0 Å². The van der Waals surface area contributed by atoms with E-state index in [2.05, 4.69) is 22.9 Å². The number of carbonyl (C=O) groups is 3. The first-order chi connectivity index (χ1) is 51.5. The van der Waals surface area contributed by atoms with Crippen LogP contribution in [-0.4, -0.2) is 305 Å². The van der Waals surface area contributed by atoms with E-state index in [0.717, 1.165) is 0 Å². The summed E-state index contributed by atoms with van der Waals surface area (Å²) in [6, 6.07) is -0.797. The lowest BCUT2D eigenvalue weighted by molar-refractivity contribution is -0.318. The zero-order valence-electron chi connectivity index (χ0n) is 70.8. The Morgan fingerprint density at radius 3 is 1.17 bits per heavy atom. The number of nitrogens with two attached hydrogens (primary N) is 1. The summed E-state index contributed by atoms with van der Waals surface area (Å²) in [5.41, 5.74) is -9.64. The Labute approximate surface area is 685 Å². The number of halogens is 1. The second kappa shape index (κ2) is 46.0. The number of hydrogen-bond donors (Lipinski definition) is 13. The maximum Gasteiger partial charge on any atom is 0.311 e. The first kappa shape index (κ1) is 109. The van der Waals surface area contributed by atoms with Crippen LogP contribution in [0.25, 0.3) is 0 Å². The number of Topliss-reactive ketones (excluding diaryl/α,β-unsaturated/α-hetero) is 1. The molecule has 0 unspecified atom stereocenters. The number of likely N-dealkylation sites (N-methyl/N-ethyl adjacent to an activating group) is 2. The van der Waals surface area contributed by atoms with E-state index in [1.165, 1.54) is 41.9 Å². The van der Waals surface area contributed by atoms with Gasteiger partial charge in [-0.25, -0.2) is 5.90 Å². The highest BCUT2D eigenvalue weighted by molar-refractivity contribution is 5.89. The molecule has 0 radical (unpaired) electrons. The van der Waals surface area contributed by atoms with Crippen LogP contribution < -0.4 is 5.90 Å². The number of ketones is 1. The van der Waals surface area contributed by atoms with Crippen molar-refractivity contribution in [3.8, 4) is 24.7 Å². The molecule has 6 saturated heterocycles. The standard InChI is InChI=1S/C40H70N2O13.C40H69NO13.2CH4.ClH.H3NO/c1-14-16-17-42(12)27-18-22(4)51-37(31(27)43)55-35-24(6)32(54-29-20-39(10,50-13)34(45)26(8)52-29)25(7)36(46)53-28(15-2)40(11,48)33(44)23(5)30(41-49)21(3)19-38(35,9)47;1-14-16-17-41(12)27-18-22(4)50-37(31(27)43)54-35-24(6)32(53-29-20-39(10,49-13)34(45)26(8)51-29)25(7)36(46)52-28(15-2)40(11,48)33(44)23(5)30(42)21(3)19-38(35,9)47;;;;1-2/h1,21-29,31-35,37,43-45,47-49H,15-20H2,2-13H3;1,21-29,31-35,37,43-45,47-48H,15-20H2,2-13H3;2*1H4;1H;2H,1H2/b41-30+;;;;;/t2*21-,22-,23+,24+,25-,26+,27+,28-,29+,31-,32+,33-,34+,35-,37+,38-,39-,40-;;;;/m11..../s1. The average molecular weight is 1660 g/mol. The first-order valence-corrected chi connectivity index (χ1v) is 39.5. The summed E-state index contributed by atoms with van der Waals surface area (Å²) in [4.78, 5) is 46.1. The maximum atomic E-state index is 14.2. The van der Waals surface area contributed by atoms with Crippen LogP contribution in [0.15, 0.2) is 5.16 Å². The third kappa shape index (κ3) is 25.8. The third-order valence-corrected chi connectivity index (χ3v) is 24.8. The lowest BCUT2D eigenvalue weighted by Gasteiger charge is -2.49. The molecule has 0 aromatic rings. The van der Waals surface area contributed by atoms with Crippen molar-refractivity contribution in [3.63, 3.8) is 0 Å². The van der Waals surface area contributed by atoms with Gasteiger partial charge < -0.3 is 118 Å². The van der Waals surface area contributed by atoms with Crippen molar-refractivity contribution >= 4 is 35.8 Å². The molecule has 0 aliphatic carbocycles. The van der Waals surface area contributed by atoms with Gasteiger partial charge >= 0.3 is 11.9 Å². The van der Waals surface area contributed by atoms with E-state index in [9.17, 15) is 70.7 Å². The smallest absolute Gasteiger partial charge is 0.311 e. The Balaban J connectivity index is 0.00000109. The van der Waals surface area contributed by atoms with Gasteiger partial charge in [0.05, 0.1) is 101 Å². The van der Waals surface area contributed by atoms with Gasteiger partial charge in [0.1, 0.15) is 53.6 Å². The van der Waals surface area contributed by atoms with Gasteiger partial charge in [0.15, 0.2) is 25.2 Å². The van der Waals surface area contributed by atoms with Crippen LogP contribution in [0.4, 0.5) is 0 Å². The Morgan fingerprint density at radius 1 is 0.518 bits per heavy atom. The van der Waals surface area contributed by atoms with Gasteiger partial charge in [-0.15, -0.1) is 37.1 Å². The molecule has 31 nitrogen and oxygen atoms in total. The number of nitrogens with zero attached hydrogens (tertiary/aromatic N) is 3. The normalized spacial score (nSPS) is 45.5. The molecule has 0 aromatic heterocycles. The molecule has 32 heteroatoms. The summed E-state index contributed by atoms with van der Waals surface area (Å²) in [5.74, 6) is -0.667. The van der Waals surface area contributed by atoms with Crippen LogP contribution in [0, 0.1) is 72.0 Å². The zero-order chi connectivity index (χ0) is 84.9. The summed E-state index contributed by atoms with van der Waals surface area (Å²) in [5, 5.41) is 137. The Bertz CT molecular complexity index is 3020. The van der Waals surface area contributed by atoms with Crippen molar-refractivity contribution in [1.29, 1.82) is 0 Å². The summed E-state index contributed by atoms with van der Waals surface area (Å²) < 4.78 is 74.7. The van der Waals surface area contributed by atoms with E-state index in [-0.39, 0.29) is 83.7 Å². The van der Waals surface area contributed by atoms with Crippen LogP contribution in [0.2, 0.25) is 0 Å². The lowest BCUT2D eigenvalue weighted by Crippen LogP contribution is -2.61. The van der Waals surface area contributed by atoms with E-state index in [1.54, 1.807) is 96.9 Å². The molecule has 6 fully saturated rings. The highest BCUT2D eigenvalue weighted by Gasteiger charge is 2.57. The molecular formula is C82H151ClN4O27. The van der Waals surface area contributed by atoms with Crippen LogP contribution >= 0.6 is 12.4 Å². The van der Waals surface area contributed by atoms with Gasteiger partial charge in [0, 0.05) is 101 Å². The summed E-state index contributed by atoms with van der Waals surface area (Å²) in [6.45, 7) is 33.9. The number of methoxy groups -OCH3 is 2. The topological polar surface area (TPSA) is 450 Å². The minimum Gasteiger partial charge on any atom is -0.459 e.